The van der Waals surface area contributed by atoms with Gasteiger partial charge in [-0.1, -0.05) is 12.1 Å². The van der Waals surface area contributed by atoms with Crippen molar-refractivity contribution in [3.8, 4) is 0 Å². The molecule has 1 aromatic heterocycles. The maximum Gasteiger partial charge on any atom is 0.145 e. The molecule has 0 saturated carbocycles. The predicted molar refractivity (Wildman–Crippen MR) is 78.1 cm³/mol. The summed E-state index contributed by atoms with van der Waals surface area (Å²) in [5, 5.41) is 3.42. The Labute approximate surface area is 111 Å². The zero-order valence-corrected chi connectivity index (χ0v) is 11.3. The summed E-state index contributed by atoms with van der Waals surface area (Å²) < 4.78 is 0.354. The molecule has 1 aliphatic heterocycles. The van der Waals surface area contributed by atoms with Gasteiger partial charge >= 0.3 is 0 Å². The van der Waals surface area contributed by atoms with Crippen LogP contribution in [0, 0.1) is 0 Å². The van der Waals surface area contributed by atoms with Gasteiger partial charge in [-0.3, -0.25) is 4.98 Å². The highest BCUT2D eigenvalue weighted by atomic mass is 32.2. The van der Waals surface area contributed by atoms with Gasteiger partial charge in [0.25, 0.3) is 0 Å². The Kier molecular flexibility index (Phi) is 3.12. The van der Waals surface area contributed by atoms with E-state index in [0.29, 0.717) is 4.75 Å². The van der Waals surface area contributed by atoms with Crippen molar-refractivity contribution in [1.29, 1.82) is 0 Å². The van der Waals surface area contributed by atoms with Gasteiger partial charge in [-0.15, -0.1) is 0 Å². The molecular formula is C14H17N3S. The molecule has 1 fully saturated rings. The van der Waals surface area contributed by atoms with Crippen molar-refractivity contribution in [3.05, 3.63) is 30.5 Å². The Hall–Kier alpha value is -1.29. The van der Waals surface area contributed by atoms with E-state index in [9.17, 15) is 0 Å². The summed E-state index contributed by atoms with van der Waals surface area (Å²) >= 11 is 2.06. The Morgan fingerprint density at radius 1 is 1.33 bits per heavy atom. The maximum absolute atomic E-state index is 4.58. The molecule has 2 heterocycles. The number of nitrogens with one attached hydrogen (secondary N) is 1. The van der Waals surface area contributed by atoms with Crippen molar-refractivity contribution in [2.45, 2.75) is 24.5 Å². The van der Waals surface area contributed by atoms with Crippen LogP contribution in [0.15, 0.2) is 30.5 Å². The number of benzene rings is 1. The molecular weight excluding hydrogens is 242 g/mol. The van der Waals surface area contributed by atoms with Crippen molar-refractivity contribution < 1.29 is 0 Å². The lowest BCUT2D eigenvalue weighted by Crippen LogP contribution is -2.27. The van der Waals surface area contributed by atoms with E-state index in [1.54, 1.807) is 0 Å². The lowest BCUT2D eigenvalue weighted by Gasteiger charge is -2.23. The summed E-state index contributed by atoms with van der Waals surface area (Å²) in [4.78, 5) is 9.00. The summed E-state index contributed by atoms with van der Waals surface area (Å²) in [6, 6.07) is 7.97. The first-order chi connectivity index (χ1) is 8.75. The van der Waals surface area contributed by atoms with Crippen molar-refractivity contribution >= 4 is 28.6 Å². The van der Waals surface area contributed by atoms with Crippen LogP contribution < -0.4 is 5.32 Å². The van der Waals surface area contributed by atoms with E-state index in [1.807, 2.05) is 30.5 Å². The molecule has 0 bridgehead atoms. The molecule has 1 N–H and O–H groups in total. The van der Waals surface area contributed by atoms with E-state index in [-0.39, 0.29) is 0 Å². The van der Waals surface area contributed by atoms with Crippen LogP contribution in [-0.4, -0.2) is 27.0 Å². The lowest BCUT2D eigenvalue weighted by molar-refractivity contribution is 0.634. The summed E-state index contributed by atoms with van der Waals surface area (Å²) in [7, 11) is 0. The van der Waals surface area contributed by atoms with Crippen LogP contribution in [0.4, 0.5) is 5.82 Å². The van der Waals surface area contributed by atoms with Crippen LogP contribution in [-0.2, 0) is 0 Å². The topological polar surface area (TPSA) is 37.8 Å². The highest BCUT2D eigenvalue weighted by molar-refractivity contribution is 8.00. The molecule has 1 saturated heterocycles. The molecule has 0 amide bonds. The van der Waals surface area contributed by atoms with Gasteiger partial charge in [0, 0.05) is 11.3 Å². The zero-order valence-electron chi connectivity index (χ0n) is 10.5. The first-order valence-electron chi connectivity index (χ1n) is 6.35. The van der Waals surface area contributed by atoms with Crippen molar-refractivity contribution in [1.82, 2.24) is 9.97 Å². The second-order valence-electron chi connectivity index (χ2n) is 5.00. The van der Waals surface area contributed by atoms with E-state index in [1.165, 1.54) is 18.6 Å². The molecule has 3 rings (SSSR count). The lowest BCUT2D eigenvalue weighted by atomic mass is 10.1. The number of fused-ring (bicyclic) bond motifs is 1. The highest BCUT2D eigenvalue weighted by Crippen LogP contribution is 2.37. The fourth-order valence-corrected chi connectivity index (χ4v) is 3.54. The maximum atomic E-state index is 4.58. The molecule has 2 aromatic rings. The smallest absolute Gasteiger partial charge is 0.145 e. The Balaban J connectivity index is 1.74. The second-order valence-corrected chi connectivity index (χ2v) is 6.68. The molecule has 0 radical (unpaired) electrons. The van der Waals surface area contributed by atoms with Gasteiger partial charge in [-0.2, -0.15) is 11.8 Å². The van der Waals surface area contributed by atoms with Gasteiger partial charge < -0.3 is 5.32 Å². The van der Waals surface area contributed by atoms with Gasteiger partial charge in [0.1, 0.15) is 5.82 Å². The number of hydrogen-bond acceptors (Lipinski definition) is 4. The molecule has 0 aliphatic carbocycles. The summed E-state index contributed by atoms with van der Waals surface area (Å²) in [5.74, 6) is 2.16. The fourth-order valence-electron chi connectivity index (χ4n) is 2.30. The first kappa shape index (κ1) is 11.8. The van der Waals surface area contributed by atoms with Gasteiger partial charge in [-0.05, 0) is 37.7 Å². The van der Waals surface area contributed by atoms with Crippen LogP contribution in [0.5, 0.6) is 0 Å². The van der Waals surface area contributed by atoms with Crippen LogP contribution in [0.1, 0.15) is 19.8 Å². The number of aromatic nitrogens is 2. The number of thioether (sulfide) groups is 1. The van der Waals surface area contributed by atoms with Crippen LogP contribution in [0.25, 0.3) is 11.0 Å². The van der Waals surface area contributed by atoms with E-state index >= 15 is 0 Å². The molecule has 3 nitrogen and oxygen atoms in total. The predicted octanol–water partition coefficient (Wildman–Crippen LogP) is 3.33. The van der Waals surface area contributed by atoms with Crippen molar-refractivity contribution in [2.24, 2.45) is 0 Å². The van der Waals surface area contributed by atoms with E-state index in [0.717, 1.165) is 23.4 Å². The average Bonchev–Trinajstić information content (AvgIpc) is 2.84. The molecule has 0 spiro atoms. The molecule has 94 valence electrons. The summed E-state index contributed by atoms with van der Waals surface area (Å²) in [5.41, 5.74) is 1.90. The van der Waals surface area contributed by atoms with Gasteiger partial charge in [0.15, 0.2) is 0 Å². The number of anilines is 1. The number of para-hydroxylation sites is 2. The fraction of sp³-hybridized carbons (Fsp3) is 0.429. The molecule has 1 atom stereocenters. The summed E-state index contributed by atoms with van der Waals surface area (Å²) in [6.45, 7) is 3.29. The number of nitrogens with zero attached hydrogens (tertiary/aromatic N) is 2. The number of hydrogen-bond donors (Lipinski definition) is 1. The van der Waals surface area contributed by atoms with Crippen LogP contribution >= 0.6 is 11.8 Å². The van der Waals surface area contributed by atoms with Crippen LogP contribution in [0.2, 0.25) is 0 Å². The third kappa shape index (κ3) is 2.43. The minimum Gasteiger partial charge on any atom is -0.367 e. The highest BCUT2D eigenvalue weighted by Gasteiger charge is 2.29. The monoisotopic (exact) mass is 259 g/mol. The third-order valence-electron chi connectivity index (χ3n) is 3.39. The average molecular weight is 259 g/mol. The van der Waals surface area contributed by atoms with Gasteiger partial charge in [0.05, 0.1) is 17.2 Å². The third-order valence-corrected chi connectivity index (χ3v) is 4.93. The molecule has 1 unspecified atom stereocenters. The van der Waals surface area contributed by atoms with E-state index < -0.39 is 0 Å². The van der Waals surface area contributed by atoms with Crippen LogP contribution in [0.3, 0.4) is 0 Å². The number of rotatable bonds is 3. The standard InChI is InChI=1S/C14H17N3S/c1-14(7-4-8-18-14)10-16-13-9-15-11-5-2-3-6-12(11)17-13/h2-3,5-6,9H,4,7-8,10H2,1H3,(H,16,17). The molecule has 18 heavy (non-hydrogen) atoms. The zero-order chi connectivity index (χ0) is 12.4. The van der Waals surface area contributed by atoms with Gasteiger partial charge in [-0.25, -0.2) is 4.98 Å². The minimum atomic E-state index is 0.354. The first-order valence-corrected chi connectivity index (χ1v) is 7.33. The van der Waals surface area contributed by atoms with Crippen molar-refractivity contribution in [2.75, 3.05) is 17.6 Å². The Bertz CT molecular complexity index is 549. The molecule has 1 aromatic carbocycles. The Morgan fingerprint density at radius 2 is 2.17 bits per heavy atom. The normalized spacial score (nSPS) is 23.4. The molecule has 1 aliphatic rings. The quantitative estimate of drug-likeness (QED) is 0.917. The van der Waals surface area contributed by atoms with E-state index in [2.05, 4.69) is 34.0 Å². The second kappa shape index (κ2) is 4.76. The minimum absolute atomic E-state index is 0.354. The Morgan fingerprint density at radius 3 is 2.94 bits per heavy atom. The van der Waals surface area contributed by atoms with E-state index in [4.69, 9.17) is 0 Å². The largest absolute Gasteiger partial charge is 0.367 e. The molecule has 4 heteroatoms. The summed E-state index contributed by atoms with van der Waals surface area (Å²) in [6.07, 6.45) is 4.43. The van der Waals surface area contributed by atoms with Crippen molar-refractivity contribution in [3.63, 3.8) is 0 Å². The SMILES string of the molecule is CC1(CNc2cnc3ccccc3n2)CCCS1. The van der Waals surface area contributed by atoms with Gasteiger partial charge in [0.2, 0.25) is 0 Å².